The molecule has 0 radical (unpaired) electrons. The van der Waals surface area contributed by atoms with Crippen molar-refractivity contribution in [2.75, 3.05) is 19.5 Å². The maximum absolute atomic E-state index is 3.96. The predicted octanol–water partition coefficient (Wildman–Crippen LogP) is 0.365. The Balaban J connectivity index is 2.59. The fraction of sp³-hybridized carbons (Fsp3) is 0.333. The first-order valence-electron chi connectivity index (χ1n) is 3.00. The zero-order chi connectivity index (χ0) is 7.40. The molecule has 0 unspecified atom stereocenters. The highest BCUT2D eigenvalue weighted by Crippen LogP contribution is 1.92. The maximum atomic E-state index is 3.96. The van der Waals surface area contributed by atoms with Crippen molar-refractivity contribution in [1.29, 1.82) is 0 Å². The van der Waals surface area contributed by atoms with Gasteiger partial charge in [-0.1, -0.05) is 0 Å². The van der Waals surface area contributed by atoms with Crippen molar-refractivity contribution in [1.82, 2.24) is 15.0 Å². The third-order valence-electron chi connectivity index (χ3n) is 0.889. The molecule has 0 aromatic carbocycles. The molecule has 0 bridgehead atoms. The monoisotopic (exact) mass is 138 g/mol. The van der Waals surface area contributed by atoms with Crippen LogP contribution in [0, 0.1) is 0 Å². The van der Waals surface area contributed by atoms with Crippen LogP contribution in [-0.4, -0.2) is 29.1 Å². The Morgan fingerprint density at radius 1 is 1.30 bits per heavy atom. The van der Waals surface area contributed by atoms with Crippen LogP contribution in [0.2, 0.25) is 0 Å². The van der Waals surface area contributed by atoms with E-state index in [1.807, 2.05) is 14.1 Å². The van der Waals surface area contributed by atoms with E-state index < -0.39 is 0 Å². The molecule has 0 spiro atoms. The normalized spacial score (nSPS) is 9.90. The van der Waals surface area contributed by atoms with E-state index >= 15 is 0 Å². The number of nitrogens with zero attached hydrogens (tertiary/aromatic N) is 3. The van der Waals surface area contributed by atoms with Gasteiger partial charge in [-0.2, -0.15) is 0 Å². The second-order valence-corrected chi connectivity index (χ2v) is 2.08. The largest absolute Gasteiger partial charge is 0.287 e. The van der Waals surface area contributed by atoms with Crippen molar-refractivity contribution in [2.45, 2.75) is 0 Å². The molecule has 1 N–H and O–H groups in total. The molecule has 0 amide bonds. The van der Waals surface area contributed by atoms with Crippen molar-refractivity contribution in [3.8, 4) is 0 Å². The quantitative estimate of drug-likeness (QED) is 0.599. The maximum Gasteiger partial charge on any atom is 0.237 e. The summed E-state index contributed by atoms with van der Waals surface area (Å²) in [5.74, 6) is 0.618. The van der Waals surface area contributed by atoms with Crippen LogP contribution in [-0.2, 0) is 0 Å². The van der Waals surface area contributed by atoms with E-state index in [1.54, 1.807) is 23.5 Å². The molecular weight excluding hydrogens is 128 g/mol. The van der Waals surface area contributed by atoms with Crippen molar-refractivity contribution in [3.63, 3.8) is 0 Å². The molecule has 1 aromatic rings. The molecule has 4 nitrogen and oxygen atoms in total. The molecule has 0 fully saturated rings. The Hall–Kier alpha value is -1.16. The first-order chi connectivity index (χ1) is 4.79. The standard InChI is InChI=1S/C6H10N4/c1-10(2)9-6-7-4-3-5-8-6/h3-5H,1-2H3,(H,7,8,9). The van der Waals surface area contributed by atoms with Crippen LogP contribution in [0.4, 0.5) is 5.95 Å². The molecule has 4 heteroatoms. The molecule has 0 saturated carbocycles. The van der Waals surface area contributed by atoms with Gasteiger partial charge in [-0.05, 0) is 6.07 Å². The molecule has 1 aromatic heterocycles. The highest BCUT2D eigenvalue weighted by molar-refractivity contribution is 5.19. The van der Waals surface area contributed by atoms with Crippen LogP contribution in [0.5, 0.6) is 0 Å². The summed E-state index contributed by atoms with van der Waals surface area (Å²) in [5, 5.41) is 1.79. The van der Waals surface area contributed by atoms with E-state index in [0.717, 1.165) is 0 Å². The van der Waals surface area contributed by atoms with Gasteiger partial charge in [-0.15, -0.1) is 0 Å². The van der Waals surface area contributed by atoms with Crippen molar-refractivity contribution >= 4 is 5.95 Å². The van der Waals surface area contributed by atoms with E-state index in [1.165, 1.54) is 0 Å². The summed E-state index contributed by atoms with van der Waals surface area (Å²) in [5.41, 5.74) is 2.92. The summed E-state index contributed by atoms with van der Waals surface area (Å²) in [4.78, 5) is 7.91. The fourth-order valence-electron chi connectivity index (χ4n) is 0.557. The van der Waals surface area contributed by atoms with E-state index in [2.05, 4.69) is 15.4 Å². The molecule has 10 heavy (non-hydrogen) atoms. The van der Waals surface area contributed by atoms with Gasteiger partial charge in [0.2, 0.25) is 5.95 Å². The van der Waals surface area contributed by atoms with Gasteiger partial charge in [-0.25, -0.2) is 15.0 Å². The lowest BCUT2D eigenvalue weighted by molar-refractivity contribution is 0.489. The Morgan fingerprint density at radius 2 is 1.90 bits per heavy atom. The number of rotatable bonds is 2. The Labute approximate surface area is 59.9 Å². The molecule has 0 aliphatic rings. The minimum Gasteiger partial charge on any atom is -0.287 e. The van der Waals surface area contributed by atoms with Crippen LogP contribution < -0.4 is 5.43 Å². The van der Waals surface area contributed by atoms with Gasteiger partial charge in [0.1, 0.15) is 0 Å². The third-order valence-corrected chi connectivity index (χ3v) is 0.889. The zero-order valence-corrected chi connectivity index (χ0v) is 6.07. The molecule has 0 aliphatic heterocycles. The van der Waals surface area contributed by atoms with Crippen LogP contribution in [0.3, 0.4) is 0 Å². The first kappa shape index (κ1) is 6.95. The average Bonchev–Trinajstić information content (AvgIpc) is 1.88. The molecular formula is C6H10N4. The summed E-state index contributed by atoms with van der Waals surface area (Å²) < 4.78 is 0. The first-order valence-corrected chi connectivity index (χ1v) is 3.00. The van der Waals surface area contributed by atoms with Gasteiger partial charge < -0.3 is 0 Å². The van der Waals surface area contributed by atoms with Gasteiger partial charge >= 0.3 is 0 Å². The predicted molar refractivity (Wildman–Crippen MR) is 39.3 cm³/mol. The number of aromatic nitrogens is 2. The summed E-state index contributed by atoms with van der Waals surface area (Å²) >= 11 is 0. The SMILES string of the molecule is CN(C)Nc1ncccn1. The summed E-state index contributed by atoms with van der Waals surface area (Å²) in [6, 6.07) is 1.78. The van der Waals surface area contributed by atoms with Gasteiger partial charge in [0.15, 0.2) is 0 Å². The lowest BCUT2D eigenvalue weighted by atomic mass is 10.7. The molecule has 0 saturated heterocycles. The minimum atomic E-state index is 0.618. The molecule has 1 rings (SSSR count). The average molecular weight is 138 g/mol. The highest BCUT2D eigenvalue weighted by Gasteiger charge is 1.90. The van der Waals surface area contributed by atoms with Crippen LogP contribution >= 0.6 is 0 Å². The van der Waals surface area contributed by atoms with Crippen molar-refractivity contribution in [3.05, 3.63) is 18.5 Å². The molecule has 0 aliphatic carbocycles. The number of hydrogen-bond acceptors (Lipinski definition) is 4. The van der Waals surface area contributed by atoms with Crippen molar-refractivity contribution in [2.24, 2.45) is 0 Å². The molecule has 54 valence electrons. The Morgan fingerprint density at radius 3 is 2.40 bits per heavy atom. The zero-order valence-electron chi connectivity index (χ0n) is 6.07. The van der Waals surface area contributed by atoms with Crippen LogP contribution in [0.1, 0.15) is 0 Å². The molecule has 1 heterocycles. The van der Waals surface area contributed by atoms with E-state index in [-0.39, 0.29) is 0 Å². The van der Waals surface area contributed by atoms with E-state index in [9.17, 15) is 0 Å². The van der Waals surface area contributed by atoms with Gasteiger partial charge in [0.25, 0.3) is 0 Å². The second kappa shape index (κ2) is 3.12. The summed E-state index contributed by atoms with van der Waals surface area (Å²) in [7, 11) is 3.77. The lowest BCUT2D eigenvalue weighted by Gasteiger charge is -2.09. The highest BCUT2D eigenvalue weighted by atomic mass is 15.5. The van der Waals surface area contributed by atoms with Crippen LogP contribution in [0.25, 0.3) is 0 Å². The van der Waals surface area contributed by atoms with Gasteiger partial charge in [0.05, 0.1) is 0 Å². The smallest absolute Gasteiger partial charge is 0.237 e. The van der Waals surface area contributed by atoms with E-state index in [4.69, 9.17) is 0 Å². The number of hydrazine groups is 1. The number of anilines is 1. The minimum absolute atomic E-state index is 0.618. The fourth-order valence-corrected chi connectivity index (χ4v) is 0.557. The van der Waals surface area contributed by atoms with Gasteiger partial charge in [-0.3, -0.25) is 5.43 Å². The number of nitrogens with one attached hydrogen (secondary N) is 1. The van der Waals surface area contributed by atoms with E-state index in [0.29, 0.717) is 5.95 Å². The van der Waals surface area contributed by atoms with Crippen LogP contribution in [0.15, 0.2) is 18.5 Å². The Bertz CT molecular complexity index is 184. The third kappa shape index (κ3) is 1.99. The number of hydrogen-bond donors (Lipinski definition) is 1. The summed E-state index contributed by atoms with van der Waals surface area (Å²) in [6.45, 7) is 0. The van der Waals surface area contributed by atoms with Gasteiger partial charge in [0, 0.05) is 26.5 Å². The molecule has 0 atom stereocenters. The Kier molecular flexibility index (Phi) is 2.17. The van der Waals surface area contributed by atoms with Crippen molar-refractivity contribution < 1.29 is 0 Å². The summed E-state index contributed by atoms with van der Waals surface area (Å²) in [6.07, 6.45) is 3.39. The second-order valence-electron chi connectivity index (χ2n) is 2.08. The topological polar surface area (TPSA) is 41.0 Å². The lowest BCUT2D eigenvalue weighted by Crippen LogP contribution is -2.20.